The molecule has 102 valence electrons. The molecule has 1 atom stereocenters. The van der Waals surface area contributed by atoms with E-state index in [1.165, 1.54) is 0 Å². The van der Waals surface area contributed by atoms with Gasteiger partial charge in [0.1, 0.15) is 6.04 Å². The number of aromatic nitrogens is 1. The number of nitrogens with one attached hydrogen (secondary N) is 1. The summed E-state index contributed by atoms with van der Waals surface area (Å²) in [7, 11) is 1.82. The summed E-state index contributed by atoms with van der Waals surface area (Å²) in [6.07, 6.45) is 0.334. The second-order valence-corrected chi connectivity index (χ2v) is 4.35. The van der Waals surface area contributed by atoms with E-state index in [0.29, 0.717) is 24.1 Å². The van der Waals surface area contributed by atoms with Gasteiger partial charge in [0, 0.05) is 25.3 Å². The van der Waals surface area contributed by atoms with Crippen molar-refractivity contribution in [2.45, 2.75) is 12.5 Å². The minimum Gasteiger partial charge on any atom is -0.480 e. The molecule has 1 aromatic heterocycles. The predicted octanol–water partition coefficient (Wildman–Crippen LogP) is 0.359. The van der Waals surface area contributed by atoms with Crippen LogP contribution in [0.1, 0.15) is 6.42 Å². The summed E-state index contributed by atoms with van der Waals surface area (Å²) in [5.74, 6) is -1.51. The molecule has 0 aliphatic heterocycles. The maximum Gasteiger partial charge on any atom is 0.417 e. The number of anilines is 1. The molecule has 0 aliphatic carbocycles. The van der Waals surface area contributed by atoms with E-state index >= 15 is 0 Å². The highest BCUT2D eigenvalue weighted by atomic mass is 16.4. The first-order chi connectivity index (χ1) is 8.97. The van der Waals surface area contributed by atoms with Gasteiger partial charge in [0.05, 0.1) is 5.52 Å². The molecule has 0 amide bonds. The van der Waals surface area contributed by atoms with Crippen molar-refractivity contribution in [3.8, 4) is 0 Å². The van der Waals surface area contributed by atoms with E-state index in [1.807, 2.05) is 18.0 Å². The van der Waals surface area contributed by atoms with Crippen molar-refractivity contribution in [1.82, 2.24) is 4.98 Å². The van der Waals surface area contributed by atoms with E-state index in [1.54, 1.807) is 12.1 Å². The quantitative estimate of drug-likeness (QED) is 0.719. The van der Waals surface area contributed by atoms with Crippen LogP contribution in [0.15, 0.2) is 27.4 Å². The number of carboxylic acids is 1. The molecule has 0 saturated carbocycles. The van der Waals surface area contributed by atoms with Crippen LogP contribution in [-0.4, -0.2) is 35.7 Å². The van der Waals surface area contributed by atoms with Crippen LogP contribution in [0, 0.1) is 0 Å². The molecule has 0 bridgehead atoms. The summed E-state index contributed by atoms with van der Waals surface area (Å²) in [5, 5.41) is 8.71. The summed E-state index contributed by atoms with van der Waals surface area (Å²) in [4.78, 5) is 26.1. The lowest BCUT2D eigenvalue weighted by molar-refractivity contribution is -0.138. The Morgan fingerprint density at radius 2 is 2.32 bits per heavy atom. The fraction of sp³-hybridized carbons (Fsp3) is 0.333. The molecule has 0 fully saturated rings. The monoisotopic (exact) mass is 265 g/mol. The van der Waals surface area contributed by atoms with Crippen LogP contribution in [-0.2, 0) is 4.79 Å². The van der Waals surface area contributed by atoms with Gasteiger partial charge >= 0.3 is 11.7 Å². The number of H-pyrrole nitrogens is 1. The van der Waals surface area contributed by atoms with Crippen LogP contribution >= 0.6 is 0 Å². The van der Waals surface area contributed by atoms with E-state index in [-0.39, 0.29) is 0 Å². The summed E-state index contributed by atoms with van der Waals surface area (Å²) in [6.45, 7) is 0.494. The van der Waals surface area contributed by atoms with Crippen LogP contribution in [0.5, 0.6) is 0 Å². The molecule has 7 heteroatoms. The third kappa shape index (κ3) is 2.94. The van der Waals surface area contributed by atoms with E-state index in [0.717, 1.165) is 5.69 Å². The molecule has 0 spiro atoms. The summed E-state index contributed by atoms with van der Waals surface area (Å²) >= 11 is 0. The second kappa shape index (κ2) is 5.15. The molecule has 0 saturated heterocycles. The third-order valence-corrected chi connectivity index (χ3v) is 2.94. The van der Waals surface area contributed by atoms with Crippen LogP contribution in [0.25, 0.3) is 11.1 Å². The first kappa shape index (κ1) is 13.2. The molecule has 4 N–H and O–H groups in total. The molecular weight excluding hydrogens is 250 g/mol. The molecule has 1 heterocycles. The third-order valence-electron chi connectivity index (χ3n) is 2.94. The lowest BCUT2D eigenvalue weighted by Crippen LogP contribution is -2.34. The van der Waals surface area contributed by atoms with E-state index in [4.69, 9.17) is 15.3 Å². The maximum atomic E-state index is 11.0. The number of benzene rings is 1. The van der Waals surface area contributed by atoms with E-state index in [2.05, 4.69) is 4.98 Å². The molecule has 0 aliphatic rings. The number of hydrogen-bond acceptors (Lipinski definition) is 5. The Hall–Kier alpha value is -2.28. The van der Waals surface area contributed by atoms with Crippen molar-refractivity contribution in [2.24, 2.45) is 5.73 Å². The molecule has 2 rings (SSSR count). The molecule has 0 radical (unpaired) electrons. The zero-order valence-corrected chi connectivity index (χ0v) is 10.4. The number of nitrogens with zero attached hydrogens (tertiary/aromatic N) is 1. The molecule has 19 heavy (non-hydrogen) atoms. The van der Waals surface area contributed by atoms with Crippen molar-refractivity contribution in [3.63, 3.8) is 0 Å². The summed E-state index contributed by atoms with van der Waals surface area (Å²) in [5.41, 5.74) is 7.37. The summed E-state index contributed by atoms with van der Waals surface area (Å²) < 4.78 is 4.97. The number of aromatic amines is 1. The fourth-order valence-corrected chi connectivity index (χ4v) is 1.76. The average molecular weight is 265 g/mol. The molecule has 1 unspecified atom stereocenters. The molecule has 7 nitrogen and oxygen atoms in total. The fourth-order valence-electron chi connectivity index (χ4n) is 1.76. The van der Waals surface area contributed by atoms with Gasteiger partial charge in [-0.1, -0.05) is 0 Å². The number of nitrogens with two attached hydrogens (primary N) is 1. The zero-order chi connectivity index (χ0) is 14.0. The van der Waals surface area contributed by atoms with Gasteiger partial charge in [-0.25, -0.2) is 4.79 Å². The van der Waals surface area contributed by atoms with Crippen molar-refractivity contribution in [2.75, 3.05) is 18.5 Å². The van der Waals surface area contributed by atoms with Gasteiger partial charge in [0.25, 0.3) is 0 Å². The number of carboxylic acid groups (broad SMARTS) is 1. The molecular formula is C12H15N3O4. The van der Waals surface area contributed by atoms with Crippen molar-refractivity contribution in [3.05, 3.63) is 28.7 Å². The highest BCUT2D eigenvalue weighted by molar-refractivity contribution is 5.77. The number of fused-ring (bicyclic) bond motifs is 1. The van der Waals surface area contributed by atoms with Crippen LogP contribution in [0.4, 0.5) is 5.69 Å². The van der Waals surface area contributed by atoms with Gasteiger partial charge in [-0.05, 0) is 18.6 Å². The smallest absolute Gasteiger partial charge is 0.417 e. The number of oxazole rings is 1. The van der Waals surface area contributed by atoms with Gasteiger partial charge in [-0.3, -0.25) is 9.78 Å². The van der Waals surface area contributed by atoms with Crippen LogP contribution in [0.3, 0.4) is 0 Å². The number of aliphatic carboxylic acids is 1. The Labute approximate surface area is 108 Å². The highest BCUT2D eigenvalue weighted by Gasteiger charge is 2.13. The highest BCUT2D eigenvalue weighted by Crippen LogP contribution is 2.19. The van der Waals surface area contributed by atoms with Crippen LogP contribution in [0.2, 0.25) is 0 Å². The topological polar surface area (TPSA) is 113 Å². The molecule has 2 aromatic rings. The van der Waals surface area contributed by atoms with Gasteiger partial charge in [0.15, 0.2) is 5.58 Å². The predicted molar refractivity (Wildman–Crippen MR) is 70.3 cm³/mol. The Bertz CT molecular complexity index is 646. The maximum absolute atomic E-state index is 11.0. The van der Waals surface area contributed by atoms with Crippen molar-refractivity contribution in [1.29, 1.82) is 0 Å². The Kier molecular flexibility index (Phi) is 3.57. The average Bonchev–Trinajstić information content (AvgIpc) is 2.74. The van der Waals surface area contributed by atoms with E-state index < -0.39 is 17.8 Å². The van der Waals surface area contributed by atoms with Crippen molar-refractivity contribution >= 4 is 22.8 Å². The minimum atomic E-state index is -1.01. The van der Waals surface area contributed by atoms with Gasteiger partial charge < -0.3 is 20.2 Å². The first-order valence-corrected chi connectivity index (χ1v) is 5.80. The Balaban J connectivity index is 2.10. The van der Waals surface area contributed by atoms with Gasteiger partial charge in [-0.2, -0.15) is 0 Å². The van der Waals surface area contributed by atoms with E-state index in [9.17, 15) is 9.59 Å². The largest absolute Gasteiger partial charge is 0.480 e. The van der Waals surface area contributed by atoms with Gasteiger partial charge in [-0.15, -0.1) is 0 Å². The van der Waals surface area contributed by atoms with Gasteiger partial charge in [0.2, 0.25) is 0 Å². The number of rotatable bonds is 5. The lowest BCUT2D eigenvalue weighted by Gasteiger charge is -2.20. The lowest BCUT2D eigenvalue weighted by atomic mass is 10.2. The number of hydrogen-bond donors (Lipinski definition) is 3. The zero-order valence-electron chi connectivity index (χ0n) is 10.4. The van der Waals surface area contributed by atoms with Crippen LogP contribution < -0.4 is 16.4 Å². The Morgan fingerprint density at radius 1 is 1.58 bits per heavy atom. The summed E-state index contributed by atoms with van der Waals surface area (Å²) in [6, 6.07) is 4.40. The Morgan fingerprint density at radius 3 is 3.00 bits per heavy atom. The minimum absolute atomic E-state index is 0.334. The first-order valence-electron chi connectivity index (χ1n) is 5.80. The SMILES string of the molecule is CN(CCC(N)C(=O)O)c1ccc2[nH]c(=O)oc2c1. The molecule has 1 aromatic carbocycles. The number of carbonyl (C=O) groups is 1. The standard InChI is InChI=1S/C12H15N3O4/c1-15(5-4-8(13)11(16)17)7-2-3-9-10(6-7)19-12(18)14-9/h2-3,6,8H,4-5,13H2,1H3,(H,14,18)(H,16,17). The second-order valence-electron chi connectivity index (χ2n) is 4.35. The van der Waals surface area contributed by atoms with Crippen molar-refractivity contribution < 1.29 is 14.3 Å². The normalized spacial score (nSPS) is 12.5.